The van der Waals surface area contributed by atoms with E-state index in [4.69, 9.17) is 0 Å². The number of anilines is 1. The summed E-state index contributed by atoms with van der Waals surface area (Å²) in [4.78, 5) is 6.86. The van der Waals surface area contributed by atoms with Crippen LogP contribution in [-0.2, 0) is 0 Å². The summed E-state index contributed by atoms with van der Waals surface area (Å²) < 4.78 is 1.02. The Morgan fingerprint density at radius 1 is 1.20 bits per heavy atom. The standard InChI is InChI=1S/C14H18BrN5/c1-9-7-20(8-10(2)16-9)14-17-13(18-19-14)11-5-3-4-6-12(11)15/h3-6,9-10,16H,7-8H2,1-2H3,(H,17,18,19). The zero-order valence-electron chi connectivity index (χ0n) is 11.6. The number of nitrogens with one attached hydrogen (secondary N) is 2. The second kappa shape index (κ2) is 5.54. The van der Waals surface area contributed by atoms with Crippen molar-refractivity contribution in [1.82, 2.24) is 20.5 Å². The number of H-pyrrole nitrogens is 1. The lowest BCUT2D eigenvalue weighted by atomic mass is 10.1. The summed E-state index contributed by atoms with van der Waals surface area (Å²) in [6.45, 7) is 6.23. The molecule has 1 saturated heterocycles. The highest BCUT2D eigenvalue weighted by Gasteiger charge is 2.24. The molecule has 5 nitrogen and oxygen atoms in total. The van der Waals surface area contributed by atoms with Crippen LogP contribution in [0.4, 0.5) is 5.95 Å². The molecular weight excluding hydrogens is 318 g/mol. The van der Waals surface area contributed by atoms with Crippen LogP contribution in [0.1, 0.15) is 13.8 Å². The maximum absolute atomic E-state index is 4.64. The summed E-state index contributed by atoms with van der Waals surface area (Å²) in [6.07, 6.45) is 0. The molecule has 0 amide bonds. The van der Waals surface area contributed by atoms with Crippen molar-refractivity contribution in [3.8, 4) is 11.4 Å². The van der Waals surface area contributed by atoms with Crippen molar-refractivity contribution in [3.63, 3.8) is 0 Å². The van der Waals surface area contributed by atoms with Gasteiger partial charge >= 0.3 is 0 Å². The minimum Gasteiger partial charge on any atom is -0.336 e. The predicted octanol–water partition coefficient (Wildman–Crippen LogP) is 2.42. The quantitative estimate of drug-likeness (QED) is 0.884. The van der Waals surface area contributed by atoms with E-state index in [9.17, 15) is 0 Å². The summed E-state index contributed by atoms with van der Waals surface area (Å²) in [7, 11) is 0. The van der Waals surface area contributed by atoms with Crippen LogP contribution in [0.15, 0.2) is 28.7 Å². The molecule has 20 heavy (non-hydrogen) atoms. The van der Waals surface area contributed by atoms with Crippen molar-refractivity contribution in [2.75, 3.05) is 18.0 Å². The Kier molecular flexibility index (Phi) is 3.76. The number of hydrogen-bond acceptors (Lipinski definition) is 4. The van der Waals surface area contributed by atoms with Crippen LogP contribution in [0, 0.1) is 0 Å². The number of hydrogen-bond donors (Lipinski definition) is 2. The van der Waals surface area contributed by atoms with Crippen LogP contribution in [0.2, 0.25) is 0 Å². The zero-order valence-corrected chi connectivity index (χ0v) is 13.2. The van der Waals surface area contributed by atoms with E-state index >= 15 is 0 Å². The lowest BCUT2D eigenvalue weighted by Gasteiger charge is -2.35. The number of benzene rings is 1. The number of halogens is 1. The molecule has 0 saturated carbocycles. The molecule has 106 valence electrons. The Labute approximate surface area is 126 Å². The molecule has 2 aromatic rings. The van der Waals surface area contributed by atoms with Crippen LogP contribution >= 0.6 is 15.9 Å². The summed E-state index contributed by atoms with van der Waals surface area (Å²) in [5, 5.41) is 10.9. The van der Waals surface area contributed by atoms with E-state index in [1.54, 1.807) is 0 Å². The van der Waals surface area contributed by atoms with Crippen LogP contribution in [0.3, 0.4) is 0 Å². The molecule has 0 spiro atoms. The van der Waals surface area contributed by atoms with E-state index in [2.05, 4.69) is 55.2 Å². The van der Waals surface area contributed by atoms with Gasteiger partial charge < -0.3 is 10.2 Å². The van der Waals surface area contributed by atoms with Crippen LogP contribution in [0.5, 0.6) is 0 Å². The first-order valence-electron chi connectivity index (χ1n) is 6.82. The minimum atomic E-state index is 0.448. The van der Waals surface area contributed by atoms with E-state index < -0.39 is 0 Å². The van der Waals surface area contributed by atoms with E-state index in [-0.39, 0.29) is 0 Å². The average molecular weight is 336 g/mol. The first kappa shape index (κ1) is 13.6. The molecule has 6 heteroatoms. The van der Waals surface area contributed by atoms with Crippen molar-refractivity contribution in [1.29, 1.82) is 0 Å². The van der Waals surface area contributed by atoms with E-state index in [0.29, 0.717) is 12.1 Å². The van der Waals surface area contributed by atoms with Crippen LogP contribution in [0.25, 0.3) is 11.4 Å². The third kappa shape index (κ3) is 2.71. The van der Waals surface area contributed by atoms with Gasteiger partial charge in [-0.1, -0.05) is 34.1 Å². The van der Waals surface area contributed by atoms with Crippen LogP contribution in [-0.4, -0.2) is 40.4 Å². The first-order valence-corrected chi connectivity index (χ1v) is 7.61. The number of rotatable bonds is 2. The topological polar surface area (TPSA) is 56.8 Å². The summed E-state index contributed by atoms with van der Waals surface area (Å²) in [5.74, 6) is 1.57. The average Bonchev–Trinajstić information content (AvgIpc) is 2.87. The summed E-state index contributed by atoms with van der Waals surface area (Å²) >= 11 is 3.55. The smallest absolute Gasteiger partial charge is 0.245 e. The molecule has 2 N–H and O–H groups in total. The largest absolute Gasteiger partial charge is 0.336 e. The maximum Gasteiger partial charge on any atom is 0.245 e. The van der Waals surface area contributed by atoms with Crippen molar-refractivity contribution < 1.29 is 0 Å². The molecule has 2 atom stereocenters. The van der Waals surface area contributed by atoms with Gasteiger partial charge in [-0.05, 0) is 19.9 Å². The van der Waals surface area contributed by atoms with Crippen molar-refractivity contribution in [2.45, 2.75) is 25.9 Å². The lowest BCUT2D eigenvalue weighted by molar-refractivity contribution is 0.403. The highest BCUT2D eigenvalue weighted by Crippen LogP contribution is 2.26. The molecule has 2 heterocycles. The molecule has 1 aliphatic rings. The van der Waals surface area contributed by atoms with Gasteiger partial charge in [-0.25, -0.2) is 0 Å². The van der Waals surface area contributed by atoms with Gasteiger partial charge in [0.1, 0.15) is 0 Å². The van der Waals surface area contributed by atoms with Gasteiger partial charge in [0.15, 0.2) is 5.82 Å². The van der Waals surface area contributed by atoms with E-state index in [0.717, 1.165) is 34.9 Å². The highest BCUT2D eigenvalue weighted by molar-refractivity contribution is 9.10. The van der Waals surface area contributed by atoms with Gasteiger partial charge in [0, 0.05) is 35.2 Å². The van der Waals surface area contributed by atoms with Gasteiger partial charge in [-0.3, -0.25) is 5.10 Å². The third-order valence-electron chi connectivity index (χ3n) is 3.44. The molecule has 1 fully saturated rings. The van der Waals surface area contributed by atoms with Crippen molar-refractivity contribution in [2.24, 2.45) is 0 Å². The van der Waals surface area contributed by atoms with E-state index in [1.165, 1.54) is 0 Å². The SMILES string of the molecule is CC1CN(c2n[nH]c(-c3ccccc3Br)n2)CC(C)N1. The lowest BCUT2D eigenvalue weighted by Crippen LogP contribution is -2.54. The Morgan fingerprint density at radius 3 is 2.60 bits per heavy atom. The minimum absolute atomic E-state index is 0.448. The normalized spacial score (nSPS) is 23.1. The molecule has 0 bridgehead atoms. The van der Waals surface area contributed by atoms with E-state index in [1.807, 2.05) is 24.3 Å². The number of aromatic nitrogens is 3. The second-order valence-corrected chi connectivity index (χ2v) is 6.19. The molecule has 0 radical (unpaired) electrons. The Morgan fingerprint density at radius 2 is 1.90 bits per heavy atom. The second-order valence-electron chi connectivity index (χ2n) is 5.34. The van der Waals surface area contributed by atoms with Gasteiger partial charge in [0.2, 0.25) is 5.95 Å². The fourth-order valence-electron chi connectivity index (χ4n) is 2.66. The van der Waals surface area contributed by atoms with Crippen molar-refractivity contribution in [3.05, 3.63) is 28.7 Å². The van der Waals surface area contributed by atoms with Gasteiger partial charge in [-0.2, -0.15) is 4.98 Å². The molecule has 3 rings (SSSR count). The summed E-state index contributed by atoms with van der Waals surface area (Å²) in [5.41, 5.74) is 1.03. The number of piperazine rings is 1. The number of aromatic amines is 1. The maximum atomic E-state index is 4.64. The Balaban J connectivity index is 1.85. The zero-order chi connectivity index (χ0) is 14.1. The molecule has 1 aromatic carbocycles. The fraction of sp³-hybridized carbons (Fsp3) is 0.429. The molecule has 2 unspecified atom stereocenters. The summed E-state index contributed by atoms with van der Waals surface area (Å²) in [6, 6.07) is 8.92. The molecule has 1 aliphatic heterocycles. The fourth-order valence-corrected chi connectivity index (χ4v) is 3.13. The first-order chi connectivity index (χ1) is 9.63. The van der Waals surface area contributed by atoms with Crippen LogP contribution < -0.4 is 10.2 Å². The predicted molar refractivity (Wildman–Crippen MR) is 83.8 cm³/mol. The van der Waals surface area contributed by atoms with Crippen molar-refractivity contribution >= 4 is 21.9 Å². The Hall–Kier alpha value is -1.40. The Bertz CT molecular complexity index is 587. The molecule has 0 aliphatic carbocycles. The third-order valence-corrected chi connectivity index (χ3v) is 4.13. The van der Waals surface area contributed by atoms with Gasteiger partial charge in [0.25, 0.3) is 0 Å². The molecular formula is C14H18BrN5. The monoisotopic (exact) mass is 335 g/mol. The highest BCUT2D eigenvalue weighted by atomic mass is 79.9. The van der Waals surface area contributed by atoms with Gasteiger partial charge in [-0.15, -0.1) is 5.10 Å². The number of nitrogens with zero attached hydrogens (tertiary/aromatic N) is 3. The molecule has 1 aromatic heterocycles. The van der Waals surface area contributed by atoms with Gasteiger partial charge in [0.05, 0.1) is 0 Å².